The van der Waals surface area contributed by atoms with Crippen LogP contribution in [0.3, 0.4) is 0 Å². The molecule has 0 spiro atoms. The van der Waals surface area contributed by atoms with E-state index in [1.165, 1.54) is 0 Å². The lowest BCUT2D eigenvalue weighted by atomic mass is 9.75. The molecule has 174 valence electrons. The number of halogens is 5. The second-order valence-electron chi connectivity index (χ2n) is 9.45. The Balaban J connectivity index is 1.64. The summed E-state index contributed by atoms with van der Waals surface area (Å²) in [7, 11) is 0. The molecule has 2 aliphatic carbocycles. The van der Waals surface area contributed by atoms with Gasteiger partial charge in [0.2, 0.25) is 0 Å². The van der Waals surface area contributed by atoms with Crippen molar-refractivity contribution in [2.24, 2.45) is 17.8 Å². The highest BCUT2D eigenvalue weighted by molar-refractivity contribution is 5.37. The van der Waals surface area contributed by atoms with Crippen molar-refractivity contribution >= 4 is 0 Å². The van der Waals surface area contributed by atoms with Gasteiger partial charge in [0.25, 0.3) is 6.43 Å². The zero-order chi connectivity index (χ0) is 22.5. The van der Waals surface area contributed by atoms with Crippen LogP contribution < -0.4 is 0 Å². The van der Waals surface area contributed by atoms with Crippen LogP contribution in [0.5, 0.6) is 0 Å². The minimum atomic E-state index is -2.85. The van der Waals surface area contributed by atoms with E-state index in [9.17, 15) is 22.0 Å². The summed E-state index contributed by atoms with van der Waals surface area (Å²) in [6.07, 6.45) is 4.96. The van der Waals surface area contributed by atoms with E-state index in [1.807, 2.05) is 0 Å². The van der Waals surface area contributed by atoms with Gasteiger partial charge < -0.3 is 0 Å². The zero-order valence-corrected chi connectivity index (χ0v) is 18.7. The fourth-order valence-electron chi connectivity index (χ4n) is 5.67. The Morgan fingerprint density at radius 2 is 1.42 bits per heavy atom. The van der Waals surface area contributed by atoms with Gasteiger partial charge in [0.05, 0.1) is 5.56 Å². The van der Waals surface area contributed by atoms with Gasteiger partial charge in [-0.2, -0.15) is 0 Å². The molecule has 1 aromatic rings. The molecule has 0 saturated heterocycles. The largest absolute Gasteiger partial charge is 0.266 e. The summed E-state index contributed by atoms with van der Waals surface area (Å²) in [6, 6.07) is 3.19. The summed E-state index contributed by atoms with van der Waals surface area (Å²) >= 11 is 0. The summed E-state index contributed by atoms with van der Waals surface area (Å²) in [5.41, 5.74) is 0.123. The third-order valence-electron chi connectivity index (χ3n) is 7.55. The molecule has 31 heavy (non-hydrogen) atoms. The van der Waals surface area contributed by atoms with Gasteiger partial charge >= 0.3 is 0 Å². The van der Waals surface area contributed by atoms with Crippen molar-refractivity contribution in [3.63, 3.8) is 0 Å². The van der Waals surface area contributed by atoms with Crippen LogP contribution in [0.1, 0.15) is 107 Å². The van der Waals surface area contributed by atoms with Gasteiger partial charge in [0, 0.05) is 11.8 Å². The summed E-state index contributed by atoms with van der Waals surface area (Å²) in [5, 5.41) is 0. The van der Waals surface area contributed by atoms with E-state index in [1.54, 1.807) is 19.1 Å². The number of aryl methyl sites for hydroxylation is 1. The number of hydrogen-bond donors (Lipinski definition) is 0. The number of rotatable bonds is 7. The third kappa shape index (κ3) is 5.51. The molecule has 0 heterocycles. The van der Waals surface area contributed by atoms with Gasteiger partial charge in [-0.15, -0.1) is 0 Å². The number of benzene rings is 1. The molecule has 0 aromatic heterocycles. The molecule has 2 saturated carbocycles. The Morgan fingerprint density at radius 3 is 1.90 bits per heavy atom. The standard InChI is InChI=1S/C26H35F5/c1-3-5-16-6-8-19(9-7-16)23(27)24(28)20-12-10-18(11-13-20)21-15-14-17(4-2)22(25(21)29)26(30)31/h14-16,18-20,26H,3-13H2,1-2H3. The van der Waals surface area contributed by atoms with E-state index in [-0.39, 0.29) is 11.8 Å². The molecule has 0 aliphatic heterocycles. The predicted octanol–water partition coefficient (Wildman–Crippen LogP) is 9.36. The first-order valence-electron chi connectivity index (χ1n) is 12.0. The normalized spacial score (nSPS) is 28.0. The van der Waals surface area contributed by atoms with E-state index in [0.717, 1.165) is 25.7 Å². The van der Waals surface area contributed by atoms with Gasteiger partial charge in [-0.1, -0.05) is 38.8 Å². The van der Waals surface area contributed by atoms with Gasteiger partial charge in [0.1, 0.15) is 17.5 Å². The van der Waals surface area contributed by atoms with Gasteiger partial charge in [0.15, 0.2) is 0 Å². The molecule has 2 aliphatic rings. The molecule has 0 N–H and O–H groups in total. The molecule has 5 heteroatoms. The Bertz CT molecular complexity index is 753. The van der Waals surface area contributed by atoms with Crippen LogP contribution in [0.25, 0.3) is 0 Å². The lowest BCUT2D eigenvalue weighted by molar-refractivity contribution is 0.144. The Morgan fingerprint density at radius 1 is 0.871 bits per heavy atom. The number of alkyl halides is 2. The lowest BCUT2D eigenvalue weighted by Crippen LogP contribution is -2.19. The Kier molecular flexibility index (Phi) is 8.58. The Labute approximate surface area is 183 Å². The van der Waals surface area contributed by atoms with Crippen molar-refractivity contribution < 1.29 is 22.0 Å². The Hall–Kier alpha value is -1.39. The highest BCUT2D eigenvalue weighted by Gasteiger charge is 2.33. The fourth-order valence-corrected chi connectivity index (χ4v) is 5.67. The van der Waals surface area contributed by atoms with Gasteiger partial charge in [-0.05, 0) is 80.8 Å². The molecule has 0 radical (unpaired) electrons. The second-order valence-corrected chi connectivity index (χ2v) is 9.45. The average molecular weight is 443 g/mol. The van der Waals surface area contributed by atoms with E-state index >= 15 is 0 Å². The summed E-state index contributed by atoms with van der Waals surface area (Å²) in [4.78, 5) is 0. The summed E-state index contributed by atoms with van der Waals surface area (Å²) < 4.78 is 71.4. The lowest BCUT2D eigenvalue weighted by Gasteiger charge is -2.31. The summed E-state index contributed by atoms with van der Waals surface area (Å²) in [6.45, 7) is 3.88. The van der Waals surface area contributed by atoms with E-state index in [2.05, 4.69) is 6.92 Å². The maximum absolute atomic E-state index is 14.9. The topological polar surface area (TPSA) is 0 Å². The van der Waals surface area contributed by atoms with E-state index in [0.29, 0.717) is 62.0 Å². The molecule has 0 bridgehead atoms. The van der Waals surface area contributed by atoms with Crippen molar-refractivity contribution in [3.8, 4) is 0 Å². The van der Waals surface area contributed by atoms with Crippen LogP contribution >= 0.6 is 0 Å². The molecule has 0 nitrogen and oxygen atoms in total. The van der Waals surface area contributed by atoms with Crippen LogP contribution in [0.2, 0.25) is 0 Å². The maximum Gasteiger partial charge on any atom is 0.266 e. The van der Waals surface area contributed by atoms with Crippen LogP contribution in [0, 0.1) is 23.6 Å². The summed E-state index contributed by atoms with van der Waals surface area (Å²) in [5.74, 6) is -2.37. The SMILES string of the molecule is CCCC1CCC(C(F)=C(F)C2CCC(c3ccc(CC)c(C(F)F)c3F)CC2)CC1. The molecule has 0 unspecified atom stereocenters. The monoisotopic (exact) mass is 442 g/mol. The first-order chi connectivity index (χ1) is 14.9. The van der Waals surface area contributed by atoms with Crippen molar-refractivity contribution in [2.75, 3.05) is 0 Å². The second kappa shape index (κ2) is 11.0. The highest BCUT2D eigenvalue weighted by Crippen LogP contribution is 2.44. The third-order valence-corrected chi connectivity index (χ3v) is 7.55. The minimum Gasteiger partial charge on any atom is -0.209 e. The molecular weight excluding hydrogens is 407 g/mol. The van der Waals surface area contributed by atoms with E-state index < -0.39 is 35.4 Å². The van der Waals surface area contributed by atoms with Crippen molar-refractivity contribution in [1.29, 1.82) is 0 Å². The molecule has 0 atom stereocenters. The first kappa shape index (κ1) is 24.3. The molecule has 3 rings (SSSR count). The molecule has 0 amide bonds. The maximum atomic E-state index is 14.9. The molecule has 1 aromatic carbocycles. The smallest absolute Gasteiger partial charge is 0.209 e. The average Bonchev–Trinajstić information content (AvgIpc) is 2.78. The highest BCUT2D eigenvalue weighted by atomic mass is 19.3. The van der Waals surface area contributed by atoms with Crippen molar-refractivity contribution in [1.82, 2.24) is 0 Å². The fraction of sp³-hybridized carbons (Fsp3) is 0.692. The van der Waals surface area contributed by atoms with Crippen LogP contribution in [-0.4, -0.2) is 0 Å². The minimum absolute atomic E-state index is 0.222. The first-order valence-corrected chi connectivity index (χ1v) is 12.0. The molecular formula is C26H35F5. The number of hydrogen-bond acceptors (Lipinski definition) is 0. The number of allylic oxidation sites excluding steroid dienone is 2. The van der Waals surface area contributed by atoms with Crippen LogP contribution in [0.15, 0.2) is 23.8 Å². The van der Waals surface area contributed by atoms with Crippen molar-refractivity contribution in [3.05, 3.63) is 46.3 Å². The van der Waals surface area contributed by atoms with E-state index in [4.69, 9.17) is 0 Å². The van der Waals surface area contributed by atoms with Gasteiger partial charge in [-0.3, -0.25) is 0 Å². The van der Waals surface area contributed by atoms with Crippen LogP contribution in [0.4, 0.5) is 22.0 Å². The predicted molar refractivity (Wildman–Crippen MR) is 115 cm³/mol. The van der Waals surface area contributed by atoms with Crippen LogP contribution in [-0.2, 0) is 6.42 Å². The van der Waals surface area contributed by atoms with Gasteiger partial charge in [-0.25, -0.2) is 22.0 Å². The quantitative estimate of drug-likeness (QED) is 0.369. The molecule has 2 fully saturated rings. The van der Waals surface area contributed by atoms with Crippen molar-refractivity contribution in [2.45, 2.75) is 96.8 Å². The zero-order valence-electron chi connectivity index (χ0n) is 18.7.